The molecular weight excluding hydrogens is 479 g/mol. The number of aromatic nitrogens is 3. The third-order valence-corrected chi connectivity index (χ3v) is 6.93. The number of anilines is 1. The van der Waals surface area contributed by atoms with E-state index < -0.39 is 5.54 Å². The zero-order valence-corrected chi connectivity index (χ0v) is 21.2. The Hall–Kier alpha value is -3.65. The zero-order valence-electron chi connectivity index (χ0n) is 20.4. The predicted octanol–water partition coefficient (Wildman–Crippen LogP) is 5.79. The van der Waals surface area contributed by atoms with Crippen molar-refractivity contribution in [2.24, 2.45) is 0 Å². The Balaban J connectivity index is 1.34. The summed E-state index contributed by atoms with van der Waals surface area (Å²) < 4.78 is 13.4. The van der Waals surface area contributed by atoms with Crippen LogP contribution in [0.2, 0.25) is 5.02 Å². The van der Waals surface area contributed by atoms with Crippen LogP contribution in [0.4, 0.5) is 15.0 Å². The van der Waals surface area contributed by atoms with Crippen molar-refractivity contribution >= 4 is 34.5 Å². The van der Waals surface area contributed by atoms with Gasteiger partial charge in [-0.3, -0.25) is 0 Å². The fourth-order valence-corrected chi connectivity index (χ4v) is 5.00. The van der Waals surface area contributed by atoms with Crippen molar-refractivity contribution in [2.75, 3.05) is 24.5 Å². The van der Waals surface area contributed by atoms with Crippen molar-refractivity contribution in [1.29, 1.82) is 0 Å². The minimum atomic E-state index is -0.441. The number of nitrogens with zero attached hydrogens (tertiary/aromatic N) is 4. The summed E-state index contributed by atoms with van der Waals surface area (Å²) in [6.45, 7) is 7.85. The van der Waals surface area contributed by atoms with Crippen molar-refractivity contribution < 1.29 is 9.18 Å². The molecule has 0 spiro atoms. The average molecular weight is 507 g/mol. The molecule has 0 saturated carbocycles. The maximum atomic E-state index is 13.4. The Bertz CT molecular complexity index is 1400. The highest BCUT2D eigenvalue weighted by atomic mass is 35.5. The molecule has 186 valence electrons. The molecule has 9 heteroatoms. The van der Waals surface area contributed by atoms with Gasteiger partial charge in [-0.2, -0.15) is 0 Å². The van der Waals surface area contributed by atoms with Gasteiger partial charge in [-0.1, -0.05) is 23.7 Å². The summed E-state index contributed by atoms with van der Waals surface area (Å²) in [5.74, 6) is 0.534. The molecule has 1 saturated heterocycles. The van der Waals surface area contributed by atoms with E-state index in [9.17, 15) is 9.18 Å². The van der Waals surface area contributed by atoms with Crippen molar-refractivity contribution in [2.45, 2.75) is 32.4 Å². The van der Waals surface area contributed by atoms with E-state index in [2.05, 4.69) is 39.0 Å². The summed E-state index contributed by atoms with van der Waals surface area (Å²) in [5, 5.41) is 4.64. The standard InChI is InChI=1S/C27H28ClFN6O/c1-17(19-5-4-6-20(28)13-19)32-26(36)35-12-11-34(15-27(35,2)3)25-22-14-23(33-24(22)30-16-31-25)18-7-9-21(29)10-8-18/h4-10,13-14,16-17H,11-12,15H2,1-3H3,(H,32,36)(H,30,31,33)/t17-/m0/s1. The fraction of sp³-hybridized carbons (Fsp3) is 0.296. The van der Waals surface area contributed by atoms with Crippen LogP contribution in [0.1, 0.15) is 32.4 Å². The minimum Gasteiger partial charge on any atom is -0.352 e. The first-order chi connectivity index (χ1) is 17.2. The van der Waals surface area contributed by atoms with Crippen LogP contribution in [-0.2, 0) is 0 Å². The fourth-order valence-electron chi connectivity index (χ4n) is 4.80. The van der Waals surface area contributed by atoms with Crippen LogP contribution in [0.15, 0.2) is 60.9 Å². The van der Waals surface area contributed by atoms with Crippen LogP contribution in [0.5, 0.6) is 0 Å². The maximum absolute atomic E-state index is 13.4. The van der Waals surface area contributed by atoms with Gasteiger partial charge in [-0.15, -0.1) is 0 Å². The molecule has 0 bridgehead atoms. The highest BCUT2D eigenvalue weighted by Crippen LogP contribution is 2.32. The molecule has 7 nitrogen and oxygen atoms in total. The lowest BCUT2D eigenvalue weighted by Gasteiger charge is -2.47. The predicted molar refractivity (Wildman–Crippen MR) is 141 cm³/mol. The Morgan fingerprint density at radius 2 is 1.92 bits per heavy atom. The Kier molecular flexibility index (Phi) is 6.30. The topological polar surface area (TPSA) is 77.2 Å². The number of halogens is 2. The molecule has 1 atom stereocenters. The van der Waals surface area contributed by atoms with Crippen LogP contribution in [0.3, 0.4) is 0 Å². The van der Waals surface area contributed by atoms with Gasteiger partial charge in [0.15, 0.2) is 0 Å². The molecule has 1 aliphatic heterocycles. The molecular formula is C27H28ClFN6O. The molecule has 3 heterocycles. The maximum Gasteiger partial charge on any atom is 0.318 e. The smallest absolute Gasteiger partial charge is 0.318 e. The second-order valence-electron chi connectivity index (χ2n) is 9.76. The van der Waals surface area contributed by atoms with Crippen LogP contribution >= 0.6 is 11.6 Å². The molecule has 1 aliphatic rings. The van der Waals surface area contributed by atoms with Crippen molar-refractivity contribution in [3.63, 3.8) is 0 Å². The molecule has 5 rings (SSSR count). The van der Waals surface area contributed by atoms with Gasteiger partial charge in [0.25, 0.3) is 0 Å². The molecule has 0 unspecified atom stereocenters. The second kappa shape index (κ2) is 9.43. The number of aromatic amines is 1. The monoisotopic (exact) mass is 506 g/mol. The highest BCUT2D eigenvalue weighted by molar-refractivity contribution is 6.30. The number of carbonyl (C=O) groups is 1. The minimum absolute atomic E-state index is 0.111. The first kappa shape index (κ1) is 24.1. The van der Waals surface area contributed by atoms with Gasteiger partial charge in [0.2, 0.25) is 0 Å². The number of piperazine rings is 1. The number of amides is 2. The Labute approximate surface area is 214 Å². The van der Waals surface area contributed by atoms with E-state index >= 15 is 0 Å². The lowest BCUT2D eigenvalue weighted by Crippen LogP contribution is -2.63. The van der Waals surface area contributed by atoms with Gasteiger partial charge in [-0.05, 0) is 74.4 Å². The normalized spacial score (nSPS) is 16.2. The second-order valence-corrected chi connectivity index (χ2v) is 10.2. The van der Waals surface area contributed by atoms with Crippen molar-refractivity contribution in [3.8, 4) is 11.3 Å². The highest BCUT2D eigenvalue weighted by Gasteiger charge is 2.38. The van der Waals surface area contributed by atoms with Gasteiger partial charge in [-0.25, -0.2) is 19.2 Å². The first-order valence-corrected chi connectivity index (χ1v) is 12.3. The number of nitrogens with one attached hydrogen (secondary N) is 2. The lowest BCUT2D eigenvalue weighted by molar-refractivity contribution is 0.121. The van der Waals surface area contributed by atoms with E-state index in [0.717, 1.165) is 28.0 Å². The molecule has 0 aliphatic carbocycles. The van der Waals surface area contributed by atoms with E-state index in [1.807, 2.05) is 42.2 Å². The molecule has 2 aromatic heterocycles. The molecule has 2 N–H and O–H groups in total. The van der Waals surface area contributed by atoms with E-state index in [0.29, 0.717) is 30.3 Å². The molecule has 0 radical (unpaired) electrons. The van der Waals surface area contributed by atoms with E-state index in [-0.39, 0.29) is 17.9 Å². The van der Waals surface area contributed by atoms with E-state index in [4.69, 9.17) is 11.6 Å². The van der Waals surface area contributed by atoms with Gasteiger partial charge in [0.1, 0.15) is 23.6 Å². The third kappa shape index (κ3) is 4.73. The number of fused-ring (bicyclic) bond motifs is 1. The third-order valence-electron chi connectivity index (χ3n) is 6.70. The van der Waals surface area contributed by atoms with Crippen LogP contribution in [0, 0.1) is 5.82 Å². The van der Waals surface area contributed by atoms with E-state index in [1.165, 1.54) is 12.1 Å². The number of urea groups is 1. The summed E-state index contributed by atoms with van der Waals surface area (Å²) in [5.41, 5.74) is 2.95. The zero-order chi connectivity index (χ0) is 25.4. The molecule has 1 fully saturated rings. The van der Waals surface area contributed by atoms with Crippen molar-refractivity contribution in [1.82, 2.24) is 25.2 Å². The summed E-state index contributed by atoms with van der Waals surface area (Å²) in [4.78, 5) is 29.6. The van der Waals surface area contributed by atoms with E-state index in [1.54, 1.807) is 18.5 Å². The number of rotatable bonds is 4. The molecule has 2 amide bonds. The summed E-state index contributed by atoms with van der Waals surface area (Å²) >= 11 is 6.12. The summed E-state index contributed by atoms with van der Waals surface area (Å²) in [7, 11) is 0. The first-order valence-electron chi connectivity index (χ1n) is 11.9. The number of H-pyrrole nitrogens is 1. The van der Waals surface area contributed by atoms with Crippen LogP contribution in [-0.4, -0.2) is 51.1 Å². The molecule has 4 aromatic rings. The quantitative estimate of drug-likeness (QED) is 0.367. The number of benzene rings is 2. The molecule has 36 heavy (non-hydrogen) atoms. The van der Waals surface area contributed by atoms with Crippen LogP contribution in [0.25, 0.3) is 22.3 Å². The van der Waals surface area contributed by atoms with Gasteiger partial charge >= 0.3 is 6.03 Å². The van der Waals surface area contributed by atoms with Gasteiger partial charge in [0.05, 0.1) is 17.0 Å². The van der Waals surface area contributed by atoms with Crippen molar-refractivity contribution in [3.05, 3.63) is 77.3 Å². The van der Waals surface area contributed by atoms with Gasteiger partial charge in [0, 0.05) is 30.4 Å². The molecule has 2 aromatic carbocycles. The number of hydrogen-bond donors (Lipinski definition) is 2. The van der Waals surface area contributed by atoms with Crippen LogP contribution < -0.4 is 10.2 Å². The average Bonchev–Trinajstić information content (AvgIpc) is 3.28. The van der Waals surface area contributed by atoms with Gasteiger partial charge < -0.3 is 20.1 Å². The SMILES string of the molecule is C[C@H](NC(=O)N1CCN(c2ncnc3[nH]c(-c4ccc(F)cc4)cc23)CC1(C)C)c1cccc(Cl)c1. The Morgan fingerprint density at radius 3 is 2.64 bits per heavy atom. The largest absolute Gasteiger partial charge is 0.352 e. The number of hydrogen-bond acceptors (Lipinski definition) is 4. The Morgan fingerprint density at radius 1 is 1.14 bits per heavy atom. The lowest BCUT2D eigenvalue weighted by atomic mass is 9.98. The number of carbonyl (C=O) groups excluding carboxylic acids is 1. The summed E-state index contributed by atoms with van der Waals surface area (Å²) in [6.07, 6.45) is 1.54. The summed E-state index contributed by atoms with van der Waals surface area (Å²) in [6, 6.07) is 15.6.